The van der Waals surface area contributed by atoms with Crippen LogP contribution in [0.1, 0.15) is 33.6 Å². The van der Waals surface area contributed by atoms with Gasteiger partial charge < -0.3 is 15.0 Å². The van der Waals surface area contributed by atoms with Crippen molar-refractivity contribution in [1.82, 2.24) is 15.1 Å². The van der Waals surface area contributed by atoms with E-state index < -0.39 is 0 Å². The number of benzene rings is 1. The SMILES string of the molecule is O=C(NCc1ccccc1CN1CCOCC1)[C@@H]1CCCN1C(=O)c1cccs1. The Morgan fingerprint density at radius 2 is 1.86 bits per heavy atom. The van der Waals surface area contributed by atoms with Gasteiger partial charge in [0.2, 0.25) is 5.91 Å². The Labute approximate surface area is 175 Å². The van der Waals surface area contributed by atoms with Gasteiger partial charge >= 0.3 is 0 Å². The van der Waals surface area contributed by atoms with E-state index in [1.54, 1.807) is 4.90 Å². The predicted molar refractivity (Wildman–Crippen MR) is 113 cm³/mol. The first kappa shape index (κ1) is 20.1. The maximum atomic E-state index is 12.9. The Bertz CT molecular complexity index is 834. The maximum absolute atomic E-state index is 12.9. The Morgan fingerprint density at radius 1 is 1.07 bits per heavy atom. The summed E-state index contributed by atoms with van der Waals surface area (Å²) in [6.45, 7) is 5.40. The predicted octanol–water partition coefficient (Wildman–Crippen LogP) is 2.50. The molecule has 0 saturated carbocycles. The number of rotatable bonds is 6. The van der Waals surface area contributed by atoms with Crippen molar-refractivity contribution in [2.24, 2.45) is 0 Å². The van der Waals surface area contributed by atoms with Crippen molar-refractivity contribution in [2.75, 3.05) is 32.8 Å². The van der Waals surface area contributed by atoms with Crippen molar-refractivity contribution in [3.05, 3.63) is 57.8 Å². The van der Waals surface area contributed by atoms with E-state index in [0.29, 0.717) is 18.0 Å². The fraction of sp³-hybridized carbons (Fsp3) is 0.455. The first-order chi connectivity index (χ1) is 14.2. The molecular formula is C22H27N3O3S. The van der Waals surface area contributed by atoms with Gasteiger partial charge in [-0.3, -0.25) is 14.5 Å². The molecule has 3 heterocycles. The Morgan fingerprint density at radius 3 is 2.62 bits per heavy atom. The molecule has 1 aromatic carbocycles. The first-order valence-electron chi connectivity index (χ1n) is 10.2. The van der Waals surface area contributed by atoms with Gasteiger partial charge in [0.1, 0.15) is 6.04 Å². The molecule has 1 N–H and O–H groups in total. The van der Waals surface area contributed by atoms with Crippen molar-refractivity contribution in [2.45, 2.75) is 32.0 Å². The van der Waals surface area contributed by atoms with Crippen LogP contribution >= 0.6 is 11.3 Å². The van der Waals surface area contributed by atoms with E-state index in [1.165, 1.54) is 16.9 Å². The van der Waals surface area contributed by atoms with Crippen LogP contribution in [-0.2, 0) is 22.6 Å². The summed E-state index contributed by atoms with van der Waals surface area (Å²) < 4.78 is 5.43. The second-order valence-corrected chi connectivity index (χ2v) is 8.46. The molecule has 0 unspecified atom stereocenters. The normalized spacial score (nSPS) is 20.0. The third-order valence-corrected chi connectivity index (χ3v) is 6.48. The molecule has 4 rings (SSSR count). The summed E-state index contributed by atoms with van der Waals surface area (Å²) in [4.78, 5) is 30.4. The van der Waals surface area contributed by atoms with Gasteiger partial charge in [0, 0.05) is 32.7 Å². The van der Waals surface area contributed by atoms with Gasteiger partial charge in [0.05, 0.1) is 18.1 Å². The third kappa shape index (κ3) is 4.86. The summed E-state index contributed by atoms with van der Waals surface area (Å²) in [6.07, 6.45) is 1.58. The molecule has 29 heavy (non-hydrogen) atoms. The molecular weight excluding hydrogens is 386 g/mol. The highest BCUT2D eigenvalue weighted by molar-refractivity contribution is 7.12. The zero-order valence-electron chi connectivity index (χ0n) is 16.5. The second kappa shape index (κ2) is 9.52. The highest BCUT2D eigenvalue weighted by Crippen LogP contribution is 2.22. The second-order valence-electron chi connectivity index (χ2n) is 7.51. The number of carbonyl (C=O) groups is 2. The van der Waals surface area contributed by atoms with Crippen LogP contribution in [0.4, 0.5) is 0 Å². The van der Waals surface area contributed by atoms with Crippen LogP contribution in [-0.4, -0.2) is 60.5 Å². The summed E-state index contributed by atoms with van der Waals surface area (Å²) in [5.41, 5.74) is 2.36. The van der Waals surface area contributed by atoms with Crippen LogP contribution in [0.3, 0.4) is 0 Å². The lowest BCUT2D eigenvalue weighted by atomic mass is 10.1. The fourth-order valence-electron chi connectivity index (χ4n) is 4.01. The largest absolute Gasteiger partial charge is 0.379 e. The van der Waals surface area contributed by atoms with Crippen molar-refractivity contribution in [1.29, 1.82) is 0 Å². The molecule has 0 bridgehead atoms. The van der Waals surface area contributed by atoms with Gasteiger partial charge in [-0.2, -0.15) is 0 Å². The minimum absolute atomic E-state index is 0.0367. The molecule has 154 valence electrons. The average molecular weight is 414 g/mol. The molecule has 2 aliphatic rings. The summed E-state index contributed by atoms with van der Waals surface area (Å²) in [6, 6.07) is 11.6. The van der Waals surface area contributed by atoms with Gasteiger partial charge in [-0.1, -0.05) is 30.3 Å². The van der Waals surface area contributed by atoms with Crippen molar-refractivity contribution in [3.8, 4) is 0 Å². The van der Waals surface area contributed by atoms with E-state index in [4.69, 9.17) is 4.74 Å². The lowest BCUT2D eigenvalue weighted by Gasteiger charge is -2.27. The van der Waals surface area contributed by atoms with Crippen LogP contribution in [0.25, 0.3) is 0 Å². The zero-order valence-corrected chi connectivity index (χ0v) is 17.3. The topological polar surface area (TPSA) is 61.9 Å². The van der Waals surface area contributed by atoms with E-state index in [0.717, 1.165) is 51.3 Å². The van der Waals surface area contributed by atoms with Gasteiger partial charge in [-0.15, -0.1) is 11.3 Å². The molecule has 2 saturated heterocycles. The number of nitrogens with one attached hydrogen (secondary N) is 1. The van der Waals surface area contributed by atoms with Crippen LogP contribution in [0, 0.1) is 0 Å². The number of morpholine rings is 1. The first-order valence-corrected chi connectivity index (χ1v) is 11.1. The fourth-order valence-corrected chi connectivity index (χ4v) is 4.69. The molecule has 2 aromatic rings. The van der Waals surface area contributed by atoms with Crippen LogP contribution in [0.5, 0.6) is 0 Å². The van der Waals surface area contributed by atoms with Crippen LogP contribution in [0.2, 0.25) is 0 Å². The Kier molecular flexibility index (Phi) is 6.59. The smallest absolute Gasteiger partial charge is 0.264 e. The molecule has 1 aromatic heterocycles. The number of hydrogen-bond donors (Lipinski definition) is 1. The van der Waals surface area contributed by atoms with Crippen molar-refractivity contribution in [3.63, 3.8) is 0 Å². The van der Waals surface area contributed by atoms with Crippen LogP contribution in [0.15, 0.2) is 41.8 Å². The maximum Gasteiger partial charge on any atom is 0.264 e. The van der Waals surface area contributed by atoms with E-state index >= 15 is 0 Å². The molecule has 1 atom stereocenters. The standard InChI is InChI=1S/C22H27N3O3S/c26-21(19-7-3-9-25(19)22(27)20-8-4-14-29-20)23-15-17-5-1-2-6-18(17)16-24-10-12-28-13-11-24/h1-2,4-6,8,14,19H,3,7,9-13,15-16H2,(H,23,26)/t19-/m0/s1. The van der Waals surface area contributed by atoms with E-state index in [-0.39, 0.29) is 17.9 Å². The molecule has 0 aliphatic carbocycles. The molecule has 2 fully saturated rings. The number of hydrogen-bond acceptors (Lipinski definition) is 5. The summed E-state index contributed by atoms with van der Waals surface area (Å²) in [7, 11) is 0. The highest BCUT2D eigenvalue weighted by Gasteiger charge is 2.34. The van der Waals surface area contributed by atoms with Gasteiger partial charge in [-0.25, -0.2) is 0 Å². The van der Waals surface area contributed by atoms with Gasteiger partial charge in [0.25, 0.3) is 5.91 Å². The quantitative estimate of drug-likeness (QED) is 0.791. The van der Waals surface area contributed by atoms with E-state index in [1.807, 2.05) is 29.6 Å². The molecule has 0 radical (unpaired) electrons. The number of likely N-dealkylation sites (tertiary alicyclic amines) is 1. The third-order valence-electron chi connectivity index (χ3n) is 5.62. The van der Waals surface area contributed by atoms with E-state index in [2.05, 4.69) is 22.3 Å². The number of thiophene rings is 1. The van der Waals surface area contributed by atoms with Crippen molar-refractivity contribution >= 4 is 23.2 Å². The number of nitrogens with zero attached hydrogens (tertiary/aromatic N) is 2. The Hall–Kier alpha value is -2.22. The molecule has 7 heteroatoms. The average Bonchev–Trinajstić information content (AvgIpc) is 3.45. The monoisotopic (exact) mass is 413 g/mol. The molecule has 2 aliphatic heterocycles. The van der Waals surface area contributed by atoms with Crippen molar-refractivity contribution < 1.29 is 14.3 Å². The lowest BCUT2D eigenvalue weighted by molar-refractivity contribution is -0.125. The zero-order chi connectivity index (χ0) is 20.1. The number of ether oxygens (including phenoxy) is 1. The molecule has 2 amide bonds. The Balaban J connectivity index is 1.37. The lowest BCUT2D eigenvalue weighted by Crippen LogP contribution is -2.45. The number of carbonyl (C=O) groups excluding carboxylic acids is 2. The van der Waals surface area contributed by atoms with E-state index in [9.17, 15) is 9.59 Å². The number of amides is 2. The summed E-state index contributed by atoms with van der Waals surface area (Å²) >= 11 is 1.42. The minimum atomic E-state index is -0.379. The minimum Gasteiger partial charge on any atom is -0.379 e. The highest BCUT2D eigenvalue weighted by atomic mass is 32.1. The van der Waals surface area contributed by atoms with Crippen LogP contribution < -0.4 is 5.32 Å². The molecule has 0 spiro atoms. The molecule has 6 nitrogen and oxygen atoms in total. The summed E-state index contributed by atoms with van der Waals surface area (Å²) in [5, 5.41) is 4.97. The van der Waals surface area contributed by atoms with Gasteiger partial charge in [-0.05, 0) is 35.4 Å². The van der Waals surface area contributed by atoms with Gasteiger partial charge in [0.15, 0.2) is 0 Å². The summed E-state index contributed by atoms with van der Waals surface area (Å²) in [5.74, 6) is -0.0982.